The third kappa shape index (κ3) is 4.28. The van der Waals surface area contributed by atoms with Crippen molar-refractivity contribution in [2.45, 2.75) is 26.2 Å². The Hall–Kier alpha value is -1.20. The average Bonchev–Trinajstić information content (AvgIpc) is 2.25. The highest BCUT2D eigenvalue weighted by atomic mass is 19.4. The van der Waals surface area contributed by atoms with Gasteiger partial charge < -0.3 is 17.7 Å². The molecule has 1 aromatic rings. The summed E-state index contributed by atoms with van der Waals surface area (Å²) in [7, 11) is 0. The van der Waals surface area contributed by atoms with Crippen molar-refractivity contribution < 1.29 is 22.1 Å². The predicted molar refractivity (Wildman–Crippen MR) is 60.1 cm³/mol. The van der Waals surface area contributed by atoms with Crippen LogP contribution in [-0.2, 0) is 0 Å². The second kappa shape index (κ2) is 5.93. The standard InChI is InChI=1S/C11H14BF4O/c1-2-3-4-7-17-11-6-5-9(13)8-10(11)12(14,15)16/h5-6,8H,2-4,7H2,1H3/q-1. The predicted octanol–water partition coefficient (Wildman–Crippen LogP) is 3.45. The van der Waals surface area contributed by atoms with Crippen LogP contribution in [0.1, 0.15) is 26.2 Å². The monoisotopic (exact) mass is 249 g/mol. The van der Waals surface area contributed by atoms with E-state index in [1.54, 1.807) is 0 Å². The fraction of sp³-hybridized carbons (Fsp3) is 0.455. The minimum Gasteiger partial charge on any atom is -0.497 e. The Kier molecular flexibility index (Phi) is 4.84. The van der Waals surface area contributed by atoms with Crippen molar-refractivity contribution in [2.75, 3.05) is 6.61 Å². The number of ether oxygens (including phenoxy) is 1. The highest BCUT2D eigenvalue weighted by molar-refractivity contribution is 6.74. The van der Waals surface area contributed by atoms with Gasteiger partial charge in [-0.05, 0) is 24.6 Å². The number of benzene rings is 1. The van der Waals surface area contributed by atoms with Crippen LogP contribution in [0.5, 0.6) is 5.75 Å². The number of hydrogen-bond acceptors (Lipinski definition) is 1. The van der Waals surface area contributed by atoms with Gasteiger partial charge in [0.2, 0.25) is 0 Å². The molecule has 17 heavy (non-hydrogen) atoms. The lowest BCUT2D eigenvalue weighted by molar-refractivity contribution is 0.306. The third-order valence-corrected chi connectivity index (χ3v) is 2.33. The molecule has 0 N–H and O–H groups in total. The molecule has 1 aromatic carbocycles. The highest BCUT2D eigenvalue weighted by Crippen LogP contribution is 2.19. The van der Waals surface area contributed by atoms with Crippen LogP contribution >= 0.6 is 0 Å². The second-order valence-corrected chi connectivity index (χ2v) is 3.81. The van der Waals surface area contributed by atoms with E-state index < -0.39 is 18.3 Å². The molecule has 6 heteroatoms. The molecule has 0 radical (unpaired) electrons. The van der Waals surface area contributed by atoms with Crippen LogP contribution in [0.2, 0.25) is 0 Å². The SMILES string of the molecule is CCCCCOc1ccc(F)cc1[B-](F)(F)F. The van der Waals surface area contributed by atoms with Gasteiger partial charge in [0.15, 0.2) is 0 Å². The van der Waals surface area contributed by atoms with Gasteiger partial charge in [-0.15, -0.1) is 0 Å². The maximum absolute atomic E-state index is 12.8. The van der Waals surface area contributed by atoms with E-state index in [-0.39, 0.29) is 12.4 Å². The van der Waals surface area contributed by atoms with E-state index >= 15 is 0 Å². The molecule has 0 saturated carbocycles. The van der Waals surface area contributed by atoms with Gasteiger partial charge in [0.25, 0.3) is 0 Å². The molecule has 1 rings (SSSR count). The molecule has 0 aliphatic carbocycles. The van der Waals surface area contributed by atoms with Crippen LogP contribution in [0, 0.1) is 5.82 Å². The maximum atomic E-state index is 12.8. The summed E-state index contributed by atoms with van der Waals surface area (Å²) in [5.41, 5.74) is -0.999. The van der Waals surface area contributed by atoms with Gasteiger partial charge in [-0.3, -0.25) is 0 Å². The van der Waals surface area contributed by atoms with E-state index in [1.165, 1.54) is 0 Å². The molecular weight excluding hydrogens is 235 g/mol. The summed E-state index contributed by atoms with van der Waals surface area (Å²) < 4.78 is 55.7. The average molecular weight is 249 g/mol. The smallest absolute Gasteiger partial charge is 0.497 e. The van der Waals surface area contributed by atoms with Gasteiger partial charge >= 0.3 is 6.98 Å². The zero-order valence-electron chi connectivity index (χ0n) is 9.56. The first kappa shape index (κ1) is 13.9. The van der Waals surface area contributed by atoms with Gasteiger partial charge in [-0.2, -0.15) is 0 Å². The first-order valence-electron chi connectivity index (χ1n) is 5.57. The van der Waals surface area contributed by atoms with Crippen LogP contribution in [0.25, 0.3) is 0 Å². The third-order valence-electron chi connectivity index (χ3n) is 2.33. The van der Waals surface area contributed by atoms with Crippen LogP contribution in [0.15, 0.2) is 18.2 Å². The molecule has 0 fully saturated rings. The number of hydrogen-bond donors (Lipinski definition) is 0. The van der Waals surface area contributed by atoms with Gasteiger partial charge in [0.1, 0.15) is 5.82 Å². The van der Waals surface area contributed by atoms with Gasteiger partial charge in [-0.1, -0.05) is 25.2 Å². The first-order valence-corrected chi connectivity index (χ1v) is 5.57. The van der Waals surface area contributed by atoms with E-state index in [9.17, 15) is 17.3 Å². The van der Waals surface area contributed by atoms with Crippen molar-refractivity contribution in [1.82, 2.24) is 0 Å². The molecule has 0 saturated heterocycles. The van der Waals surface area contributed by atoms with Crippen molar-refractivity contribution in [3.05, 3.63) is 24.0 Å². The molecule has 0 aromatic heterocycles. The second-order valence-electron chi connectivity index (χ2n) is 3.81. The van der Waals surface area contributed by atoms with E-state index in [0.29, 0.717) is 12.5 Å². The van der Waals surface area contributed by atoms with Crippen molar-refractivity contribution in [1.29, 1.82) is 0 Å². The Morgan fingerprint density at radius 3 is 2.47 bits per heavy atom. The van der Waals surface area contributed by atoms with Crippen molar-refractivity contribution in [3.8, 4) is 5.75 Å². The zero-order chi connectivity index (χ0) is 12.9. The summed E-state index contributed by atoms with van der Waals surface area (Å²) in [6, 6.07) is 2.49. The summed E-state index contributed by atoms with van der Waals surface area (Å²) in [6.45, 7) is -3.04. The maximum Gasteiger partial charge on any atom is 0.513 e. The highest BCUT2D eigenvalue weighted by Gasteiger charge is 2.29. The molecule has 0 aliphatic heterocycles. The van der Waals surface area contributed by atoms with Gasteiger partial charge in [-0.25, -0.2) is 4.39 Å². The molecule has 0 atom stereocenters. The molecule has 0 bridgehead atoms. The molecule has 1 nitrogen and oxygen atoms in total. The fourth-order valence-corrected chi connectivity index (χ4v) is 1.44. The van der Waals surface area contributed by atoms with E-state index in [1.807, 2.05) is 6.92 Å². The van der Waals surface area contributed by atoms with Crippen molar-refractivity contribution in [2.24, 2.45) is 0 Å². The van der Waals surface area contributed by atoms with Crippen LogP contribution in [-0.4, -0.2) is 13.6 Å². The molecule has 0 aliphatic rings. The molecule has 0 amide bonds. The Balaban J connectivity index is 2.77. The number of rotatable bonds is 6. The topological polar surface area (TPSA) is 9.23 Å². The van der Waals surface area contributed by atoms with Gasteiger partial charge in [0, 0.05) is 0 Å². The largest absolute Gasteiger partial charge is 0.513 e. The lowest BCUT2D eigenvalue weighted by atomic mass is 9.79. The van der Waals surface area contributed by atoms with Crippen molar-refractivity contribution >= 4 is 12.4 Å². The normalized spacial score (nSPS) is 11.6. The quantitative estimate of drug-likeness (QED) is 0.426. The Morgan fingerprint density at radius 1 is 1.18 bits per heavy atom. The molecular formula is C11H14BF4O-. The van der Waals surface area contributed by atoms with Crippen molar-refractivity contribution in [3.63, 3.8) is 0 Å². The Morgan fingerprint density at radius 2 is 1.88 bits per heavy atom. The number of halogens is 4. The van der Waals surface area contributed by atoms with Gasteiger partial charge in [0.05, 0.1) is 12.4 Å². The minimum absolute atomic E-state index is 0.221. The lowest BCUT2D eigenvalue weighted by Crippen LogP contribution is -2.35. The zero-order valence-corrected chi connectivity index (χ0v) is 9.56. The number of unbranched alkanes of at least 4 members (excludes halogenated alkanes) is 2. The summed E-state index contributed by atoms with van der Waals surface area (Å²) in [4.78, 5) is 0. The first-order chi connectivity index (χ1) is 7.95. The fourth-order valence-electron chi connectivity index (χ4n) is 1.44. The summed E-state index contributed by atoms with van der Waals surface area (Å²) in [5, 5.41) is 0. The molecule has 96 valence electrons. The van der Waals surface area contributed by atoms with E-state index in [0.717, 1.165) is 25.0 Å². The Bertz CT molecular complexity index is 365. The molecule has 0 heterocycles. The molecule has 0 unspecified atom stereocenters. The van der Waals surface area contributed by atoms with E-state index in [2.05, 4.69) is 0 Å². The molecule has 0 spiro atoms. The minimum atomic E-state index is -5.25. The summed E-state index contributed by atoms with van der Waals surface area (Å²) >= 11 is 0. The summed E-state index contributed by atoms with van der Waals surface area (Å²) in [6.07, 6.45) is 2.55. The van der Waals surface area contributed by atoms with E-state index in [4.69, 9.17) is 4.74 Å². The Labute approximate surface area is 97.8 Å². The van der Waals surface area contributed by atoms with Crippen LogP contribution in [0.4, 0.5) is 17.3 Å². The van der Waals surface area contributed by atoms with Crippen LogP contribution < -0.4 is 10.2 Å². The lowest BCUT2D eigenvalue weighted by Gasteiger charge is -2.19. The van der Waals surface area contributed by atoms with Crippen LogP contribution in [0.3, 0.4) is 0 Å². The summed E-state index contributed by atoms with van der Waals surface area (Å²) in [5.74, 6) is -1.19.